The van der Waals surface area contributed by atoms with Crippen LogP contribution in [0, 0.1) is 0 Å². The summed E-state index contributed by atoms with van der Waals surface area (Å²) in [4.78, 5) is 10.6. The molecule has 3 rings (SSSR count). The van der Waals surface area contributed by atoms with Crippen LogP contribution in [-0.4, -0.2) is 15.0 Å². The molecule has 0 fully saturated rings. The predicted molar refractivity (Wildman–Crippen MR) is 82.7 cm³/mol. The van der Waals surface area contributed by atoms with Gasteiger partial charge >= 0.3 is 6.18 Å². The first-order valence-electron chi connectivity index (χ1n) is 6.44. The van der Waals surface area contributed by atoms with Gasteiger partial charge in [-0.25, -0.2) is 4.98 Å². The van der Waals surface area contributed by atoms with Crippen molar-refractivity contribution in [1.29, 1.82) is 0 Å². The van der Waals surface area contributed by atoms with Gasteiger partial charge < -0.3 is 10.3 Å². The molecule has 0 amide bonds. The highest BCUT2D eigenvalue weighted by atomic mass is 35.5. The molecule has 0 atom stereocenters. The van der Waals surface area contributed by atoms with Crippen molar-refractivity contribution in [1.82, 2.24) is 15.0 Å². The summed E-state index contributed by atoms with van der Waals surface area (Å²) in [5.41, 5.74) is 0.665. The Morgan fingerprint density at radius 1 is 1.13 bits per heavy atom. The molecule has 0 saturated heterocycles. The second-order valence-electron chi connectivity index (χ2n) is 4.75. The summed E-state index contributed by atoms with van der Waals surface area (Å²) in [6.07, 6.45) is -3.38. The summed E-state index contributed by atoms with van der Waals surface area (Å²) in [6, 6.07) is 5.65. The van der Waals surface area contributed by atoms with Gasteiger partial charge in [0.05, 0.1) is 27.6 Å². The van der Waals surface area contributed by atoms with Crippen molar-refractivity contribution in [3.8, 4) is 0 Å². The molecule has 2 aromatic heterocycles. The third-order valence-electron chi connectivity index (χ3n) is 3.08. The molecule has 2 heterocycles. The maximum Gasteiger partial charge on any atom is 0.433 e. The van der Waals surface area contributed by atoms with E-state index in [4.69, 9.17) is 23.2 Å². The number of halogens is 5. The lowest BCUT2D eigenvalue weighted by Crippen LogP contribution is -2.09. The summed E-state index contributed by atoms with van der Waals surface area (Å²) >= 11 is 11.8. The normalized spacial score (nSPS) is 11.9. The van der Waals surface area contributed by atoms with Gasteiger partial charge in [0.15, 0.2) is 0 Å². The quantitative estimate of drug-likeness (QED) is 0.698. The summed E-state index contributed by atoms with van der Waals surface area (Å²) in [5, 5.41) is 3.64. The Kier molecular flexibility index (Phi) is 4.08. The molecule has 0 aliphatic carbocycles. The molecule has 0 saturated carbocycles. The molecule has 3 aromatic rings. The number of H-pyrrole nitrogens is 1. The van der Waals surface area contributed by atoms with Crippen LogP contribution in [0.4, 0.5) is 18.9 Å². The van der Waals surface area contributed by atoms with Gasteiger partial charge in [0, 0.05) is 11.9 Å². The molecule has 1 aromatic carbocycles. The molecule has 0 radical (unpaired) electrons. The first kappa shape index (κ1) is 15.9. The first-order valence-corrected chi connectivity index (χ1v) is 7.19. The minimum atomic E-state index is -4.48. The van der Waals surface area contributed by atoms with Crippen LogP contribution >= 0.6 is 23.2 Å². The van der Waals surface area contributed by atoms with Gasteiger partial charge in [0.25, 0.3) is 0 Å². The van der Waals surface area contributed by atoms with E-state index in [1.807, 2.05) is 0 Å². The molecule has 0 spiro atoms. The first-order chi connectivity index (χ1) is 10.8. The number of anilines is 1. The Morgan fingerprint density at radius 3 is 2.61 bits per heavy atom. The Bertz CT molecular complexity index is 822. The molecule has 0 aliphatic heterocycles. The largest absolute Gasteiger partial charge is 0.433 e. The minimum absolute atomic E-state index is 0.214. The molecule has 0 unspecified atom stereocenters. The van der Waals surface area contributed by atoms with E-state index in [-0.39, 0.29) is 6.54 Å². The van der Waals surface area contributed by atoms with Crippen LogP contribution in [0.5, 0.6) is 0 Å². The van der Waals surface area contributed by atoms with Gasteiger partial charge in [-0.15, -0.1) is 0 Å². The Hall–Kier alpha value is -1.99. The minimum Gasteiger partial charge on any atom is -0.378 e. The number of aromatic amines is 1. The van der Waals surface area contributed by atoms with Crippen LogP contribution in [0.2, 0.25) is 10.0 Å². The summed E-state index contributed by atoms with van der Waals surface area (Å²) in [5.74, 6) is 0.545. The van der Waals surface area contributed by atoms with E-state index < -0.39 is 11.9 Å². The van der Waals surface area contributed by atoms with Gasteiger partial charge in [0.1, 0.15) is 11.5 Å². The zero-order chi connectivity index (χ0) is 16.6. The summed E-state index contributed by atoms with van der Waals surface area (Å²) in [7, 11) is 0. The van der Waals surface area contributed by atoms with E-state index in [0.29, 0.717) is 32.6 Å². The summed E-state index contributed by atoms with van der Waals surface area (Å²) < 4.78 is 37.8. The van der Waals surface area contributed by atoms with Crippen LogP contribution in [-0.2, 0) is 12.7 Å². The number of fused-ring (bicyclic) bond motifs is 1. The maximum absolute atomic E-state index is 12.6. The van der Waals surface area contributed by atoms with Gasteiger partial charge in [0.2, 0.25) is 0 Å². The third kappa shape index (κ3) is 3.51. The highest BCUT2D eigenvalue weighted by Gasteiger charge is 2.32. The van der Waals surface area contributed by atoms with Crippen molar-refractivity contribution < 1.29 is 13.2 Å². The molecule has 0 aliphatic rings. The molecular weight excluding hydrogens is 352 g/mol. The maximum atomic E-state index is 12.6. The average molecular weight is 361 g/mol. The second kappa shape index (κ2) is 5.90. The zero-order valence-corrected chi connectivity index (χ0v) is 12.9. The van der Waals surface area contributed by atoms with Crippen molar-refractivity contribution in [3.05, 3.63) is 52.0 Å². The monoisotopic (exact) mass is 360 g/mol. The van der Waals surface area contributed by atoms with Crippen LogP contribution < -0.4 is 5.32 Å². The van der Waals surface area contributed by atoms with E-state index in [0.717, 1.165) is 12.3 Å². The Morgan fingerprint density at radius 2 is 1.87 bits per heavy atom. The number of pyridine rings is 1. The van der Waals surface area contributed by atoms with Crippen molar-refractivity contribution in [2.75, 3.05) is 5.32 Å². The van der Waals surface area contributed by atoms with Crippen molar-refractivity contribution in [2.24, 2.45) is 0 Å². The zero-order valence-electron chi connectivity index (χ0n) is 11.4. The average Bonchev–Trinajstić information content (AvgIpc) is 2.87. The van der Waals surface area contributed by atoms with Gasteiger partial charge in [-0.05, 0) is 24.3 Å². The Balaban J connectivity index is 1.78. The van der Waals surface area contributed by atoms with Crippen molar-refractivity contribution in [2.45, 2.75) is 12.7 Å². The molecule has 4 nitrogen and oxygen atoms in total. The smallest absolute Gasteiger partial charge is 0.378 e. The van der Waals surface area contributed by atoms with E-state index in [9.17, 15) is 13.2 Å². The lowest BCUT2D eigenvalue weighted by molar-refractivity contribution is -0.141. The van der Waals surface area contributed by atoms with E-state index in [1.165, 1.54) is 6.07 Å². The van der Waals surface area contributed by atoms with E-state index in [1.54, 1.807) is 12.1 Å². The third-order valence-corrected chi connectivity index (χ3v) is 3.81. The molecule has 2 N–H and O–H groups in total. The fourth-order valence-electron chi connectivity index (χ4n) is 2.02. The summed E-state index contributed by atoms with van der Waals surface area (Å²) in [6.45, 7) is 0.214. The molecule has 23 heavy (non-hydrogen) atoms. The predicted octanol–water partition coefficient (Wildman–Crippen LogP) is 4.90. The number of nitrogens with one attached hydrogen (secondary N) is 2. The highest BCUT2D eigenvalue weighted by molar-refractivity contribution is 6.42. The van der Waals surface area contributed by atoms with Crippen LogP contribution in [0.1, 0.15) is 11.5 Å². The number of nitrogens with zero attached hydrogens (tertiary/aromatic N) is 2. The number of alkyl halides is 3. The number of benzene rings is 1. The SMILES string of the molecule is FC(F)(F)c1cc(NCc2nc3cc(Cl)c(Cl)cc3[nH]2)ccn1. The van der Waals surface area contributed by atoms with Crippen LogP contribution in [0.25, 0.3) is 11.0 Å². The molecule has 0 bridgehead atoms. The standard InChI is InChI=1S/C14H9Cl2F3N4/c15-8-4-10-11(5-9(8)16)23-13(22-10)6-21-7-1-2-20-12(3-7)14(17,18)19/h1-5H,6H2,(H,20,21)(H,22,23). The second-order valence-corrected chi connectivity index (χ2v) is 5.56. The van der Waals surface area contributed by atoms with Crippen LogP contribution in [0.15, 0.2) is 30.5 Å². The number of imidazole rings is 1. The van der Waals surface area contributed by atoms with Gasteiger partial charge in [-0.1, -0.05) is 23.2 Å². The fourth-order valence-corrected chi connectivity index (χ4v) is 2.34. The number of hydrogen-bond donors (Lipinski definition) is 2. The van der Waals surface area contributed by atoms with Gasteiger partial charge in [-0.2, -0.15) is 13.2 Å². The lowest BCUT2D eigenvalue weighted by atomic mass is 10.3. The fraction of sp³-hybridized carbons (Fsp3) is 0.143. The van der Waals surface area contributed by atoms with E-state index in [2.05, 4.69) is 20.3 Å². The molecule has 9 heteroatoms. The van der Waals surface area contributed by atoms with Crippen LogP contribution in [0.3, 0.4) is 0 Å². The topological polar surface area (TPSA) is 53.6 Å². The molecule has 120 valence electrons. The Labute approximate surface area is 138 Å². The van der Waals surface area contributed by atoms with E-state index >= 15 is 0 Å². The number of aromatic nitrogens is 3. The van der Waals surface area contributed by atoms with Crippen molar-refractivity contribution in [3.63, 3.8) is 0 Å². The molecular formula is C14H9Cl2F3N4. The number of hydrogen-bond acceptors (Lipinski definition) is 3. The van der Waals surface area contributed by atoms with Crippen molar-refractivity contribution >= 4 is 39.9 Å². The lowest BCUT2D eigenvalue weighted by Gasteiger charge is -2.08. The number of rotatable bonds is 3. The van der Waals surface area contributed by atoms with Gasteiger partial charge in [-0.3, -0.25) is 4.98 Å². The highest BCUT2D eigenvalue weighted by Crippen LogP contribution is 2.29.